The summed E-state index contributed by atoms with van der Waals surface area (Å²) in [4.78, 5) is 0.113. The van der Waals surface area contributed by atoms with Gasteiger partial charge in [-0.1, -0.05) is 30.3 Å². The molecule has 0 atom stereocenters. The Hall–Kier alpha value is -3.00. The molecule has 27 heavy (non-hydrogen) atoms. The summed E-state index contributed by atoms with van der Waals surface area (Å²) >= 11 is 0. The van der Waals surface area contributed by atoms with Crippen LogP contribution < -0.4 is 14.2 Å². The monoisotopic (exact) mass is 385 g/mol. The largest absolute Gasteiger partial charge is 0.490 e. The quantitative estimate of drug-likeness (QED) is 0.730. The number of hydrogen-bond donors (Lipinski definition) is 1. The van der Waals surface area contributed by atoms with Crippen molar-refractivity contribution >= 4 is 15.7 Å². The Morgan fingerprint density at radius 1 is 1.04 bits per heavy atom. The second-order valence-corrected chi connectivity index (χ2v) is 7.86. The van der Waals surface area contributed by atoms with Crippen molar-refractivity contribution in [3.05, 3.63) is 66.5 Å². The van der Waals surface area contributed by atoms with Crippen LogP contribution >= 0.6 is 0 Å². The zero-order valence-corrected chi connectivity index (χ0v) is 15.4. The Labute approximate surface area is 157 Å². The minimum absolute atomic E-state index is 0.113. The van der Waals surface area contributed by atoms with E-state index >= 15 is 0 Å². The molecule has 0 spiro atoms. The van der Waals surface area contributed by atoms with E-state index in [1.807, 2.05) is 30.3 Å². The molecular formula is C19H19N3O4S. The molecule has 4 rings (SSSR count). The number of anilines is 1. The summed E-state index contributed by atoms with van der Waals surface area (Å²) in [6.07, 6.45) is 3.91. The molecule has 0 radical (unpaired) electrons. The van der Waals surface area contributed by atoms with E-state index in [-0.39, 0.29) is 4.90 Å². The van der Waals surface area contributed by atoms with E-state index in [1.54, 1.807) is 16.9 Å². The molecule has 0 fully saturated rings. The Bertz CT molecular complexity index is 1030. The number of aromatic nitrogens is 2. The van der Waals surface area contributed by atoms with Gasteiger partial charge >= 0.3 is 0 Å². The van der Waals surface area contributed by atoms with Gasteiger partial charge in [-0.25, -0.2) is 8.42 Å². The van der Waals surface area contributed by atoms with Crippen LogP contribution in [-0.2, 0) is 16.6 Å². The van der Waals surface area contributed by atoms with Gasteiger partial charge < -0.3 is 9.47 Å². The predicted molar refractivity (Wildman–Crippen MR) is 101 cm³/mol. The molecule has 8 heteroatoms. The summed E-state index contributed by atoms with van der Waals surface area (Å²) in [6.45, 7) is 1.61. The predicted octanol–water partition coefficient (Wildman–Crippen LogP) is 2.89. The average Bonchev–Trinajstić information content (AvgIpc) is 2.95. The van der Waals surface area contributed by atoms with Crippen molar-refractivity contribution < 1.29 is 17.9 Å². The number of nitrogens with zero attached hydrogens (tertiary/aromatic N) is 2. The molecule has 0 aliphatic carbocycles. The fraction of sp³-hybridized carbons (Fsp3) is 0.211. The lowest BCUT2D eigenvalue weighted by Gasteiger charge is -2.10. The lowest BCUT2D eigenvalue weighted by atomic mass is 10.2. The van der Waals surface area contributed by atoms with E-state index in [0.717, 1.165) is 12.0 Å². The standard InChI is InChI=1S/C19H19N3O4S/c23-27(24,17-7-8-18-19(11-17)26-10-4-9-25-18)21-16-12-20-22(14-16)13-15-5-2-1-3-6-15/h1-3,5-8,11-12,14,21H,4,9-10,13H2. The molecule has 0 amide bonds. The number of fused-ring (bicyclic) bond motifs is 1. The second kappa shape index (κ2) is 7.32. The maximum atomic E-state index is 12.7. The Balaban J connectivity index is 1.51. The van der Waals surface area contributed by atoms with Crippen molar-refractivity contribution in [2.45, 2.75) is 17.9 Å². The first-order valence-corrected chi connectivity index (χ1v) is 10.1. The van der Waals surface area contributed by atoms with Gasteiger partial charge in [0, 0.05) is 18.7 Å². The van der Waals surface area contributed by atoms with E-state index in [1.165, 1.54) is 18.3 Å². The topological polar surface area (TPSA) is 82.5 Å². The van der Waals surface area contributed by atoms with Gasteiger partial charge in [0.05, 0.1) is 36.5 Å². The van der Waals surface area contributed by atoms with Gasteiger partial charge in [0.2, 0.25) is 0 Å². The highest BCUT2D eigenvalue weighted by Gasteiger charge is 2.19. The minimum Gasteiger partial charge on any atom is -0.490 e. The normalized spacial score (nSPS) is 13.8. The molecular weight excluding hydrogens is 366 g/mol. The Kier molecular flexibility index (Phi) is 4.72. The molecule has 0 saturated heterocycles. The molecule has 0 saturated carbocycles. The molecule has 1 aromatic heterocycles. The van der Waals surface area contributed by atoms with Gasteiger partial charge in [-0.3, -0.25) is 9.40 Å². The summed E-state index contributed by atoms with van der Waals surface area (Å²) in [6, 6.07) is 14.4. The van der Waals surface area contributed by atoms with E-state index in [4.69, 9.17) is 9.47 Å². The molecule has 2 heterocycles. The summed E-state index contributed by atoms with van der Waals surface area (Å²) < 4.78 is 40.7. The van der Waals surface area contributed by atoms with Crippen LogP contribution in [0.15, 0.2) is 65.8 Å². The highest BCUT2D eigenvalue weighted by atomic mass is 32.2. The van der Waals surface area contributed by atoms with E-state index in [9.17, 15) is 8.42 Å². The van der Waals surface area contributed by atoms with Crippen molar-refractivity contribution in [3.8, 4) is 11.5 Å². The van der Waals surface area contributed by atoms with Crippen LogP contribution in [0.3, 0.4) is 0 Å². The summed E-state index contributed by atoms with van der Waals surface area (Å²) in [7, 11) is -3.76. The van der Waals surface area contributed by atoms with Crippen molar-refractivity contribution in [1.82, 2.24) is 9.78 Å². The average molecular weight is 385 g/mol. The first kappa shape index (κ1) is 17.4. The highest BCUT2D eigenvalue weighted by Crippen LogP contribution is 2.32. The molecule has 2 aromatic carbocycles. The molecule has 7 nitrogen and oxygen atoms in total. The number of nitrogens with one attached hydrogen (secondary N) is 1. The zero-order chi connectivity index (χ0) is 18.7. The first-order valence-electron chi connectivity index (χ1n) is 8.59. The van der Waals surface area contributed by atoms with Crippen LogP contribution in [0.5, 0.6) is 11.5 Å². The molecule has 0 unspecified atom stereocenters. The third-order valence-corrected chi connectivity index (χ3v) is 5.48. The molecule has 140 valence electrons. The Morgan fingerprint density at radius 2 is 1.81 bits per heavy atom. The van der Waals surface area contributed by atoms with Crippen LogP contribution in [0.2, 0.25) is 0 Å². The van der Waals surface area contributed by atoms with Gasteiger partial charge in [0.25, 0.3) is 10.0 Å². The van der Waals surface area contributed by atoms with Crippen molar-refractivity contribution in [2.24, 2.45) is 0 Å². The maximum absolute atomic E-state index is 12.7. The molecule has 1 N–H and O–H groups in total. The van der Waals surface area contributed by atoms with Crippen molar-refractivity contribution in [3.63, 3.8) is 0 Å². The van der Waals surface area contributed by atoms with Gasteiger partial charge in [0.15, 0.2) is 11.5 Å². The Morgan fingerprint density at radius 3 is 2.63 bits per heavy atom. The van der Waals surface area contributed by atoms with Crippen molar-refractivity contribution in [2.75, 3.05) is 17.9 Å². The number of sulfonamides is 1. The molecule has 1 aliphatic heterocycles. The van der Waals surface area contributed by atoms with Crippen LogP contribution in [0.4, 0.5) is 5.69 Å². The zero-order valence-electron chi connectivity index (χ0n) is 14.5. The summed E-state index contributed by atoms with van der Waals surface area (Å²) in [5.74, 6) is 0.997. The first-order chi connectivity index (χ1) is 13.1. The highest BCUT2D eigenvalue weighted by molar-refractivity contribution is 7.92. The van der Waals surface area contributed by atoms with Gasteiger partial charge in [0.1, 0.15) is 0 Å². The number of rotatable bonds is 5. The lowest BCUT2D eigenvalue weighted by Crippen LogP contribution is -2.12. The number of ether oxygens (including phenoxy) is 2. The van der Waals surface area contributed by atoms with Gasteiger partial charge in [-0.2, -0.15) is 5.10 Å². The fourth-order valence-electron chi connectivity index (χ4n) is 2.80. The second-order valence-electron chi connectivity index (χ2n) is 6.18. The third kappa shape index (κ3) is 4.06. The van der Waals surface area contributed by atoms with Crippen LogP contribution in [0.1, 0.15) is 12.0 Å². The smallest absolute Gasteiger partial charge is 0.262 e. The number of hydrogen-bond acceptors (Lipinski definition) is 5. The van der Waals surface area contributed by atoms with Gasteiger partial charge in [-0.05, 0) is 17.7 Å². The minimum atomic E-state index is -3.76. The number of benzene rings is 2. The summed E-state index contributed by atoms with van der Waals surface area (Å²) in [5.41, 5.74) is 1.48. The van der Waals surface area contributed by atoms with Gasteiger partial charge in [-0.15, -0.1) is 0 Å². The summed E-state index contributed by atoms with van der Waals surface area (Å²) in [5, 5.41) is 4.22. The van der Waals surface area contributed by atoms with Crippen LogP contribution in [0, 0.1) is 0 Å². The fourth-order valence-corrected chi connectivity index (χ4v) is 3.84. The third-order valence-electron chi connectivity index (χ3n) is 4.10. The van der Waals surface area contributed by atoms with E-state index < -0.39 is 10.0 Å². The van der Waals surface area contributed by atoms with Crippen LogP contribution in [0.25, 0.3) is 0 Å². The van der Waals surface area contributed by atoms with E-state index in [2.05, 4.69) is 9.82 Å². The molecule has 3 aromatic rings. The maximum Gasteiger partial charge on any atom is 0.262 e. The van der Waals surface area contributed by atoms with Crippen LogP contribution in [-0.4, -0.2) is 31.4 Å². The molecule has 1 aliphatic rings. The lowest BCUT2D eigenvalue weighted by molar-refractivity contribution is 0.297. The van der Waals surface area contributed by atoms with Crippen molar-refractivity contribution in [1.29, 1.82) is 0 Å². The SMILES string of the molecule is O=S(=O)(Nc1cnn(Cc2ccccc2)c1)c1ccc2c(c1)OCCCO2. The van der Waals surface area contributed by atoms with E-state index in [0.29, 0.717) is 36.9 Å². The molecule has 0 bridgehead atoms.